The van der Waals surface area contributed by atoms with Gasteiger partial charge in [-0.05, 0) is 55.6 Å². The molecule has 0 aliphatic rings. The number of fused-ring (bicyclic) bond motifs is 1. The summed E-state index contributed by atoms with van der Waals surface area (Å²) in [7, 11) is 0. The first-order valence-corrected chi connectivity index (χ1v) is 8.59. The van der Waals surface area contributed by atoms with Crippen LogP contribution in [0.5, 0.6) is 17.4 Å². The lowest BCUT2D eigenvalue weighted by atomic mass is 10.2. The highest BCUT2D eigenvalue weighted by molar-refractivity contribution is 6.31. The van der Waals surface area contributed by atoms with Crippen LogP contribution in [0.4, 0.5) is 0 Å². The zero-order chi connectivity index (χ0) is 18.5. The first-order valence-electron chi connectivity index (χ1n) is 8.21. The highest BCUT2D eigenvalue weighted by atomic mass is 35.5. The van der Waals surface area contributed by atoms with Gasteiger partial charge in [-0.3, -0.25) is 0 Å². The maximum atomic E-state index is 11.6. The maximum absolute atomic E-state index is 11.6. The fourth-order valence-electron chi connectivity index (χ4n) is 2.37. The monoisotopic (exact) mass is 371 g/mol. The van der Waals surface area contributed by atoms with E-state index < -0.39 is 12.1 Å². The Bertz CT molecular complexity index is 911. The summed E-state index contributed by atoms with van der Waals surface area (Å²) in [6.45, 7) is 3.73. The van der Waals surface area contributed by atoms with Crippen molar-refractivity contribution in [1.29, 1.82) is 0 Å². The molecule has 0 saturated carbocycles. The van der Waals surface area contributed by atoms with Crippen LogP contribution in [0.15, 0.2) is 54.7 Å². The fourth-order valence-corrected chi connectivity index (χ4v) is 2.55. The van der Waals surface area contributed by atoms with E-state index in [1.54, 1.807) is 44.3 Å². The van der Waals surface area contributed by atoms with Crippen molar-refractivity contribution >= 4 is 28.3 Å². The molecule has 0 saturated heterocycles. The van der Waals surface area contributed by atoms with E-state index in [1.165, 1.54) is 0 Å². The summed E-state index contributed by atoms with van der Waals surface area (Å²) in [4.78, 5) is 15.9. The Kier molecular flexibility index (Phi) is 5.58. The summed E-state index contributed by atoms with van der Waals surface area (Å²) in [5.74, 6) is 1.25. The normalized spacial score (nSPS) is 11.8. The molecule has 1 atom stereocenters. The molecular formula is C20H18ClNO4. The second kappa shape index (κ2) is 8.06. The van der Waals surface area contributed by atoms with E-state index in [1.807, 2.05) is 24.3 Å². The van der Waals surface area contributed by atoms with E-state index in [0.29, 0.717) is 29.0 Å². The van der Waals surface area contributed by atoms with Gasteiger partial charge in [0.05, 0.1) is 6.61 Å². The van der Waals surface area contributed by atoms with E-state index in [0.717, 1.165) is 10.8 Å². The summed E-state index contributed by atoms with van der Waals surface area (Å²) >= 11 is 5.98. The van der Waals surface area contributed by atoms with Crippen LogP contribution in [0.25, 0.3) is 10.8 Å². The molecule has 1 unspecified atom stereocenters. The maximum Gasteiger partial charge on any atom is 0.347 e. The number of carbonyl (C=O) groups is 1. The second-order valence-corrected chi connectivity index (χ2v) is 6.04. The van der Waals surface area contributed by atoms with Crippen LogP contribution in [0.1, 0.15) is 13.8 Å². The van der Waals surface area contributed by atoms with Crippen molar-refractivity contribution in [2.45, 2.75) is 20.0 Å². The van der Waals surface area contributed by atoms with Crippen molar-refractivity contribution in [3.05, 3.63) is 59.8 Å². The number of benzene rings is 2. The van der Waals surface area contributed by atoms with Gasteiger partial charge in [0.25, 0.3) is 0 Å². The van der Waals surface area contributed by atoms with Crippen LogP contribution >= 0.6 is 11.6 Å². The zero-order valence-corrected chi connectivity index (χ0v) is 15.2. The van der Waals surface area contributed by atoms with Gasteiger partial charge >= 0.3 is 5.97 Å². The van der Waals surface area contributed by atoms with Gasteiger partial charge in [0.2, 0.25) is 5.88 Å². The fraction of sp³-hybridized carbons (Fsp3) is 0.200. The molecule has 1 aromatic heterocycles. The molecule has 0 fully saturated rings. The molecule has 0 N–H and O–H groups in total. The minimum absolute atomic E-state index is 0.324. The van der Waals surface area contributed by atoms with Crippen molar-refractivity contribution in [3.63, 3.8) is 0 Å². The minimum atomic E-state index is -0.671. The lowest BCUT2D eigenvalue weighted by molar-refractivity contribution is -0.150. The summed E-state index contributed by atoms with van der Waals surface area (Å²) in [5.41, 5.74) is 0. The molecule has 0 amide bonds. The highest BCUT2D eigenvalue weighted by Crippen LogP contribution is 2.26. The van der Waals surface area contributed by atoms with Crippen LogP contribution in [0, 0.1) is 0 Å². The topological polar surface area (TPSA) is 57.7 Å². The molecule has 134 valence electrons. The van der Waals surface area contributed by atoms with E-state index in [-0.39, 0.29) is 0 Å². The third-order valence-electron chi connectivity index (χ3n) is 3.64. The van der Waals surface area contributed by atoms with Gasteiger partial charge in [-0.25, -0.2) is 9.78 Å². The lowest BCUT2D eigenvalue weighted by Gasteiger charge is -2.13. The van der Waals surface area contributed by atoms with Crippen molar-refractivity contribution in [3.8, 4) is 17.4 Å². The Labute approximate surface area is 156 Å². The molecule has 26 heavy (non-hydrogen) atoms. The average Bonchev–Trinajstić information content (AvgIpc) is 2.63. The number of halogens is 1. The van der Waals surface area contributed by atoms with Gasteiger partial charge < -0.3 is 14.2 Å². The number of pyridine rings is 1. The zero-order valence-electron chi connectivity index (χ0n) is 14.4. The Hall–Kier alpha value is -2.79. The predicted molar refractivity (Wildman–Crippen MR) is 100.0 cm³/mol. The third kappa shape index (κ3) is 4.43. The van der Waals surface area contributed by atoms with E-state index in [2.05, 4.69) is 4.98 Å². The Morgan fingerprint density at radius 3 is 2.54 bits per heavy atom. The smallest absolute Gasteiger partial charge is 0.347 e. The van der Waals surface area contributed by atoms with Crippen LogP contribution < -0.4 is 9.47 Å². The Morgan fingerprint density at radius 1 is 1.08 bits per heavy atom. The van der Waals surface area contributed by atoms with Crippen LogP contribution in [0.2, 0.25) is 5.02 Å². The molecule has 0 spiro atoms. The molecule has 1 heterocycles. The Balaban J connectivity index is 1.67. The molecular weight excluding hydrogens is 354 g/mol. The number of nitrogens with zero attached hydrogens (tertiary/aromatic N) is 1. The number of hydrogen-bond donors (Lipinski definition) is 0. The lowest BCUT2D eigenvalue weighted by Crippen LogP contribution is -2.25. The SMILES string of the molecule is CCOC(=O)C(C)Oc1ccc(Oc2cc3ccc(Cl)cc3cn2)cc1. The summed E-state index contributed by atoms with van der Waals surface area (Å²) in [5, 5.41) is 2.60. The highest BCUT2D eigenvalue weighted by Gasteiger charge is 2.15. The van der Waals surface area contributed by atoms with Crippen LogP contribution in [-0.2, 0) is 9.53 Å². The number of esters is 1. The van der Waals surface area contributed by atoms with Gasteiger partial charge in [0.1, 0.15) is 11.5 Å². The van der Waals surface area contributed by atoms with Crippen molar-refractivity contribution in [2.24, 2.45) is 0 Å². The molecule has 5 nitrogen and oxygen atoms in total. The quantitative estimate of drug-likeness (QED) is 0.570. The summed E-state index contributed by atoms with van der Waals surface area (Å²) in [6.07, 6.45) is 1.05. The molecule has 6 heteroatoms. The molecule has 0 radical (unpaired) electrons. The number of ether oxygens (including phenoxy) is 3. The molecule has 3 aromatic rings. The molecule has 2 aromatic carbocycles. The number of hydrogen-bond acceptors (Lipinski definition) is 5. The Morgan fingerprint density at radius 2 is 1.81 bits per heavy atom. The molecule has 0 aliphatic heterocycles. The van der Waals surface area contributed by atoms with Crippen molar-refractivity contribution in [1.82, 2.24) is 4.98 Å². The average molecular weight is 372 g/mol. The first kappa shape index (κ1) is 18.0. The third-order valence-corrected chi connectivity index (χ3v) is 3.87. The number of carbonyl (C=O) groups excluding carboxylic acids is 1. The molecule has 0 bridgehead atoms. The van der Waals surface area contributed by atoms with Gasteiger partial charge in [0, 0.05) is 22.7 Å². The summed E-state index contributed by atoms with van der Waals surface area (Å²) < 4.78 is 16.2. The molecule has 3 rings (SSSR count). The van der Waals surface area contributed by atoms with Gasteiger partial charge in [0.15, 0.2) is 6.10 Å². The van der Waals surface area contributed by atoms with E-state index in [4.69, 9.17) is 25.8 Å². The van der Waals surface area contributed by atoms with Crippen molar-refractivity contribution in [2.75, 3.05) is 6.61 Å². The standard InChI is InChI=1S/C20H18ClNO4/c1-3-24-20(23)13(2)25-17-6-8-18(9-7-17)26-19-11-14-4-5-16(21)10-15(14)12-22-19/h4-13H,3H2,1-2H3. The number of aromatic nitrogens is 1. The van der Waals surface area contributed by atoms with Crippen molar-refractivity contribution < 1.29 is 19.0 Å². The van der Waals surface area contributed by atoms with E-state index >= 15 is 0 Å². The summed E-state index contributed by atoms with van der Waals surface area (Å²) in [6, 6.07) is 14.4. The number of rotatable bonds is 6. The molecule has 0 aliphatic carbocycles. The van der Waals surface area contributed by atoms with E-state index in [9.17, 15) is 4.79 Å². The second-order valence-electron chi connectivity index (χ2n) is 5.60. The van der Waals surface area contributed by atoms with Gasteiger partial charge in [-0.2, -0.15) is 0 Å². The largest absolute Gasteiger partial charge is 0.479 e. The predicted octanol–water partition coefficient (Wildman–Crippen LogP) is 5.01. The van der Waals surface area contributed by atoms with Gasteiger partial charge in [-0.15, -0.1) is 0 Å². The van der Waals surface area contributed by atoms with Crippen LogP contribution in [0.3, 0.4) is 0 Å². The minimum Gasteiger partial charge on any atom is -0.479 e. The van der Waals surface area contributed by atoms with Gasteiger partial charge in [-0.1, -0.05) is 17.7 Å². The first-order chi connectivity index (χ1) is 12.5. The van der Waals surface area contributed by atoms with Crippen LogP contribution in [-0.4, -0.2) is 23.7 Å².